The molecule has 1 heterocycles. The molecule has 0 aromatic heterocycles. The van der Waals surface area contributed by atoms with Gasteiger partial charge in [-0.25, -0.2) is 4.79 Å². The zero-order valence-corrected chi connectivity index (χ0v) is 24.1. The first-order valence-corrected chi connectivity index (χ1v) is 14.4. The maximum atomic E-state index is 12.7. The van der Waals surface area contributed by atoms with Crippen molar-refractivity contribution < 1.29 is 31.2 Å². The average molecular weight is 522 g/mol. The number of carbonyl (C=O) groups is 1. The second-order valence-electron chi connectivity index (χ2n) is 10.7. The Morgan fingerprint density at radius 1 is 0.889 bits per heavy atom. The van der Waals surface area contributed by atoms with E-state index in [-0.39, 0.29) is 18.4 Å². The van der Waals surface area contributed by atoms with Crippen molar-refractivity contribution in [3.8, 4) is 5.75 Å². The van der Waals surface area contributed by atoms with Gasteiger partial charge in [-0.05, 0) is 62.8 Å². The van der Waals surface area contributed by atoms with Gasteiger partial charge >= 0.3 is 5.97 Å². The molecule has 1 aliphatic heterocycles. The van der Waals surface area contributed by atoms with Crippen LogP contribution in [0, 0.1) is 0 Å². The Bertz CT molecular complexity index is 726. The lowest BCUT2D eigenvalue weighted by atomic mass is 10.0. The predicted octanol–water partition coefficient (Wildman–Crippen LogP) is 4.65. The highest BCUT2D eigenvalue weighted by atomic mass is 35.5. The largest absolute Gasteiger partial charge is 1.00 e. The molecule has 1 aromatic rings. The minimum Gasteiger partial charge on any atom is -1.00 e. The molecule has 0 aliphatic carbocycles. The third kappa shape index (κ3) is 13.7. The molecule has 36 heavy (non-hydrogen) atoms. The molecule has 1 aliphatic rings. The van der Waals surface area contributed by atoms with Gasteiger partial charge < -0.3 is 26.4 Å². The number of methoxy groups -OCH3 is 1. The molecule has 0 amide bonds. The van der Waals surface area contributed by atoms with Crippen molar-refractivity contribution >= 4 is 5.97 Å². The summed E-state index contributed by atoms with van der Waals surface area (Å²) in [4.78, 5) is 12.7. The first-order valence-electron chi connectivity index (χ1n) is 14.4. The van der Waals surface area contributed by atoms with Crippen molar-refractivity contribution in [1.29, 1.82) is 0 Å². The normalized spacial score (nSPS) is 15.2. The number of ether oxygens (including phenoxy) is 2. The summed E-state index contributed by atoms with van der Waals surface area (Å²) in [5, 5.41) is 0. The summed E-state index contributed by atoms with van der Waals surface area (Å²) in [6.07, 6.45) is 20.0. The fraction of sp³-hybridized carbons (Fsp3) is 0.710. The van der Waals surface area contributed by atoms with Crippen LogP contribution in [0.5, 0.6) is 5.75 Å². The molecule has 0 bridgehead atoms. The number of piperidine rings is 1. The van der Waals surface area contributed by atoms with Crippen LogP contribution in [0.2, 0.25) is 0 Å². The molecule has 206 valence electrons. The lowest BCUT2D eigenvalue weighted by Crippen LogP contribution is -3.00. The van der Waals surface area contributed by atoms with Crippen molar-refractivity contribution in [2.24, 2.45) is 0 Å². The summed E-state index contributed by atoms with van der Waals surface area (Å²) in [6, 6.07) is 8.30. The van der Waals surface area contributed by atoms with Gasteiger partial charge in [-0.15, -0.1) is 0 Å². The smallest absolute Gasteiger partial charge is 0.361 e. The van der Waals surface area contributed by atoms with Crippen molar-refractivity contribution in [1.82, 2.24) is 0 Å². The molecule has 2 rings (SSSR count). The van der Waals surface area contributed by atoms with Gasteiger partial charge in [0.1, 0.15) is 5.75 Å². The van der Waals surface area contributed by atoms with E-state index >= 15 is 0 Å². The third-order valence-corrected chi connectivity index (χ3v) is 7.46. The Hall–Kier alpha value is -1.52. The number of likely N-dealkylation sites (tertiary alicyclic amines) is 1. The summed E-state index contributed by atoms with van der Waals surface area (Å²) in [7, 11) is 1.70. The van der Waals surface area contributed by atoms with E-state index < -0.39 is 0 Å². The quantitative estimate of drug-likeness (QED) is 0.122. The number of nitrogens with zero attached hydrogens (tertiary/aromatic N) is 1. The maximum absolute atomic E-state index is 12.7. The molecular formula is C31H52ClNO3. The number of allylic oxidation sites excluding steroid dienone is 1. The SMILES string of the molecule is CCCCCCCCCCCCOC(=O)C[N+]1(C/C=C(/C)Cc2ccc(OC)cc2)CCCCC1.[Cl-]. The molecule has 1 fully saturated rings. The molecular weight excluding hydrogens is 470 g/mol. The van der Waals surface area contributed by atoms with Crippen LogP contribution in [0.15, 0.2) is 35.9 Å². The highest BCUT2D eigenvalue weighted by molar-refractivity contribution is 5.70. The van der Waals surface area contributed by atoms with E-state index in [0.717, 1.165) is 42.7 Å². The van der Waals surface area contributed by atoms with Crippen molar-refractivity contribution in [3.05, 3.63) is 41.5 Å². The van der Waals surface area contributed by atoms with Crippen LogP contribution in [0.3, 0.4) is 0 Å². The number of halogens is 1. The number of quaternary nitrogens is 1. The van der Waals surface area contributed by atoms with Gasteiger partial charge in [0, 0.05) is 0 Å². The van der Waals surface area contributed by atoms with Crippen molar-refractivity contribution in [2.75, 3.05) is 39.9 Å². The highest BCUT2D eigenvalue weighted by Crippen LogP contribution is 2.21. The number of hydrogen-bond donors (Lipinski definition) is 0. The number of hydrogen-bond acceptors (Lipinski definition) is 3. The topological polar surface area (TPSA) is 35.5 Å². The molecule has 0 unspecified atom stereocenters. The van der Waals surface area contributed by atoms with Crippen LogP contribution in [0.1, 0.15) is 103 Å². The van der Waals surface area contributed by atoms with E-state index in [1.807, 2.05) is 12.1 Å². The summed E-state index contributed by atoms with van der Waals surface area (Å²) in [5.74, 6) is 0.883. The summed E-state index contributed by atoms with van der Waals surface area (Å²) >= 11 is 0. The van der Waals surface area contributed by atoms with Crippen LogP contribution in [0.4, 0.5) is 0 Å². The van der Waals surface area contributed by atoms with Gasteiger partial charge in [-0.1, -0.05) is 82.4 Å². The fourth-order valence-electron chi connectivity index (χ4n) is 5.17. The Kier molecular flexibility index (Phi) is 17.7. The van der Waals surface area contributed by atoms with Gasteiger partial charge in [0.2, 0.25) is 0 Å². The highest BCUT2D eigenvalue weighted by Gasteiger charge is 2.32. The Morgan fingerprint density at radius 3 is 2.06 bits per heavy atom. The zero-order valence-electron chi connectivity index (χ0n) is 23.4. The molecule has 5 heteroatoms. The molecule has 0 atom stereocenters. The van der Waals surface area contributed by atoms with Crippen molar-refractivity contribution in [3.63, 3.8) is 0 Å². The maximum Gasteiger partial charge on any atom is 0.361 e. The summed E-state index contributed by atoms with van der Waals surface area (Å²) in [6.45, 7) is 8.67. The second kappa shape index (κ2) is 19.6. The van der Waals surface area contributed by atoms with Gasteiger partial charge in [0.05, 0.1) is 33.4 Å². The Morgan fingerprint density at radius 2 is 1.47 bits per heavy atom. The molecule has 1 saturated heterocycles. The van der Waals surface area contributed by atoms with E-state index in [9.17, 15) is 4.79 Å². The average Bonchev–Trinajstić information content (AvgIpc) is 2.87. The first kappa shape index (κ1) is 32.5. The molecule has 0 radical (unpaired) electrons. The molecule has 0 saturated carbocycles. The fourth-order valence-corrected chi connectivity index (χ4v) is 5.17. The monoisotopic (exact) mass is 521 g/mol. The van der Waals surface area contributed by atoms with E-state index in [0.29, 0.717) is 13.2 Å². The van der Waals surface area contributed by atoms with Gasteiger partial charge in [0.25, 0.3) is 0 Å². The summed E-state index contributed by atoms with van der Waals surface area (Å²) < 4.78 is 11.8. The minimum absolute atomic E-state index is 0. The molecule has 0 spiro atoms. The van der Waals surface area contributed by atoms with E-state index in [1.54, 1.807) is 7.11 Å². The second-order valence-corrected chi connectivity index (χ2v) is 10.7. The minimum atomic E-state index is -0.0102. The van der Waals surface area contributed by atoms with Gasteiger partial charge in [-0.3, -0.25) is 0 Å². The number of esters is 1. The molecule has 0 N–H and O–H groups in total. The predicted molar refractivity (Wildman–Crippen MR) is 147 cm³/mol. The lowest BCUT2D eigenvalue weighted by molar-refractivity contribution is -0.920. The standard InChI is InChI=1S/C31H52NO3.ClH/c1-4-5-6-7-8-9-10-11-12-16-25-35-31(33)27-32(22-14-13-15-23-32)24-21-28(2)26-29-17-19-30(34-3)20-18-29;/h17-21H,4-16,22-27H2,1-3H3;1H/q+1;/p-1/b28-21-;. The third-order valence-electron chi connectivity index (χ3n) is 7.46. The van der Waals surface area contributed by atoms with Crippen LogP contribution in [-0.2, 0) is 16.0 Å². The Labute approximate surface area is 227 Å². The van der Waals surface area contributed by atoms with Crippen LogP contribution in [-0.4, -0.2) is 50.3 Å². The van der Waals surface area contributed by atoms with Crippen LogP contribution < -0.4 is 17.1 Å². The lowest BCUT2D eigenvalue weighted by Gasteiger charge is -2.40. The van der Waals surface area contributed by atoms with Crippen molar-refractivity contribution in [2.45, 2.75) is 104 Å². The summed E-state index contributed by atoms with van der Waals surface area (Å²) in [5.41, 5.74) is 2.65. The first-order chi connectivity index (χ1) is 17.1. The number of carbonyl (C=O) groups excluding carboxylic acids is 1. The van der Waals surface area contributed by atoms with Crippen LogP contribution in [0.25, 0.3) is 0 Å². The molecule has 1 aromatic carbocycles. The van der Waals surface area contributed by atoms with Crippen LogP contribution >= 0.6 is 0 Å². The number of unbranched alkanes of at least 4 members (excludes halogenated alkanes) is 9. The number of rotatable bonds is 18. The van der Waals surface area contributed by atoms with E-state index in [1.165, 1.54) is 88.2 Å². The van der Waals surface area contributed by atoms with Gasteiger partial charge in [-0.2, -0.15) is 0 Å². The van der Waals surface area contributed by atoms with E-state index in [4.69, 9.17) is 9.47 Å². The zero-order chi connectivity index (χ0) is 25.2. The Balaban J connectivity index is 0.00000648. The van der Waals surface area contributed by atoms with Gasteiger partial charge in [0.15, 0.2) is 6.54 Å². The number of benzene rings is 1. The molecule has 4 nitrogen and oxygen atoms in total. The van der Waals surface area contributed by atoms with E-state index in [2.05, 4.69) is 32.1 Å².